The first-order valence-corrected chi connectivity index (χ1v) is 10.2. The summed E-state index contributed by atoms with van der Waals surface area (Å²) in [6, 6.07) is 0.241. The fraction of sp³-hybridized carbons (Fsp3) is 0.526. The Morgan fingerprint density at radius 2 is 2.15 bits per heavy atom. The van der Waals surface area contributed by atoms with Gasteiger partial charge >= 0.3 is 0 Å². The molecule has 0 saturated carbocycles. The highest BCUT2D eigenvalue weighted by atomic mass is 79.9. The van der Waals surface area contributed by atoms with Gasteiger partial charge in [0.2, 0.25) is 5.28 Å². The van der Waals surface area contributed by atoms with Gasteiger partial charge in [-0.05, 0) is 60.3 Å². The van der Waals surface area contributed by atoms with Crippen LogP contribution in [0.2, 0.25) is 5.28 Å². The van der Waals surface area contributed by atoms with Crippen LogP contribution in [0.1, 0.15) is 44.9 Å². The summed E-state index contributed by atoms with van der Waals surface area (Å²) in [5, 5.41) is 0.262. The van der Waals surface area contributed by atoms with Gasteiger partial charge in [-0.1, -0.05) is 13.0 Å². The first-order chi connectivity index (χ1) is 12.5. The van der Waals surface area contributed by atoms with E-state index in [2.05, 4.69) is 50.7 Å². The van der Waals surface area contributed by atoms with Crippen LogP contribution in [0, 0.1) is 0 Å². The highest BCUT2D eigenvalue weighted by Gasteiger charge is 2.28. The average molecular weight is 474 g/mol. The van der Waals surface area contributed by atoms with Crippen LogP contribution in [0.5, 0.6) is 0 Å². The monoisotopic (exact) mass is 472 g/mol. The summed E-state index contributed by atoms with van der Waals surface area (Å²) in [5.74, 6) is 0.867. The lowest BCUT2D eigenvalue weighted by Gasteiger charge is -2.28. The maximum absolute atomic E-state index is 6.25. The predicted molar refractivity (Wildman–Crippen MR) is 123 cm³/mol. The molecule has 1 atom stereocenters. The largest absolute Gasteiger partial charge is 0.380 e. The molecule has 0 amide bonds. The van der Waals surface area contributed by atoms with Gasteiger partial charge < -0.3 is 9.64 Å². The van der Waals surface area contributed by atoms with Crippen molar-refractivity contribution >= 4 is 64.2 Å². The molecule has 27 heavy (non-hydrogen) atoms. The number of nitrogens with zero attached hydrogens (tertiary/aromatic N) is 4. The molecule has 1 aromatic heterocycles. The fourth-order valence-corrected chi connectivity index (χ4v) is 3.85. The van der Waals surface area contributed by atoms with E-state index in [9.17, 15) is 0 Å². The standard InChI is InChI=1S/C19H24BrClN4O.H2S/c1-4-12(3)22-17-13(5-2)16-15(11-14(17)20)23-19(21)24-18(16)25-7-6-9-26-10-8-25;/h5,11-12H,4,6-10H2,1-3H3;1H2/b13-5-,22-17?;. The second-order valence-corrected chi connectivity index (χ2v) is 7.65. The maximum atomic E-state index is 6.25. The Hall–Kier alpha value is -0.890. The number of aliphatic imine (C=N–C) groups is 1. The third-order valence-electron chi connectivity index (χ3n) is 4.66. The van der Waals surface area contributed by atoms with E-state index in [1.807, 2.05) is 13.0 Å². The molecule has 1 saturated heterocycles. The van der Waals surface area contributed by atoms with Crippen molar-refractivity contribution in [3.8, 4) is 0 Å². The molecular weight excluding hydrogens is 448 g/mol. The summed E-state index contributed by atoms with van der Waals surface area (Å²) in [6.45, 7) is 9.44. The minimum absolute atomic E-state index is 0. The second kappa shape index (κ2) is 10.0. The van der Waals surface area contributed by atoms with Gasteiger partial charge in [0.05, 0.1) is 23.6 Å². The van der Waals surface area contributed by atoms with Crippen molar-refractivity contribution in [1.29, 1.82) is 0 Å². The van der Waals surface area contributed by atoms with E-state index < -0.39 is 0 Å². The van der Waals surface area contributed by atoms with Crippen LogP contribution in [0.4, 0.5) is 5.82 Å². The van der Waals surface area contributed by atoms with E-state index in [4.69, 9.17) is 21.3 Å². The van der Waals surface area contributed by atoms with Crippen molar-refractivity contribution in [2.24, 2.45) is 4.99 Å². The Kier molecular flexibility index (Phi) is 8.34. The molecule has 2 aliphatic rings. The third kappa shape index (κ3) is 4.94. The van der Waals surface area contributed by atoms with Crippen molar-refractivity contribution in [1.82, 2.24) is 9.97 Å². The quantitative estimate of drug-likeness (QED) is 0.588. The Bertz CT molecular complexity index is 773. The molecule has 2 heterocycles. The van der Waals surface area contributed by atoms with Gasteiger partial charge in [-0.3, -0.25) is 4.99 Å². The van der Waals surface area contributed by atoms with Crippen molar-refractivity contribution < 1.29 is 4.74 Å². The van der Waals surface area contributed by atoms with Gasteiger partial charge in [0.25, 0.3) is 0 Å². The van der Waals surface area contributed by atoms with Gasteiger partial charge in [-0.2, -0.15) is 18.5 Å². The number of ether oxygens (including phenoxy) is 1. The molecule has 8 heteroatoms. The zero-order valence-corrected chi connectivity index (χ0v) is 19.3. The topological polar surface area (TPSA) is 50.6 Å². The Labute approximate surface area is 181 Å². The average Bonchev–Trinajstić information content (AvgIpc) is 2.91. The Balaban J connectivity index is 0.00000261. The van der Waals surface area contributed by atoms with Crippen LogP contribution in [0.25, 0.3) is 11.6 Å². The lowest BCUT2D eigenvalue weighted by Crippen LogP contribution is -2.29. The molecule has 1 unspecified atom stereocenters. The predicted octanol–water partition coefficient (Wildman–Crippen LogP) is 4.86. The molecule has 0 radical (unpaired) electrons. The fourth-order valence-electron chi connectivity index (χ4n) is 3.15. The van der Waals surface area contributed by atoms with E-state index in [0.717, 1.165) is 65.4 Å². The number of hydrogen-bond donors (Lipinski definition) is 0. The van der Waals surface area contributed by atoms with Gasteiger partial charge in [-0.25, -0.2) is 4.98 Å². The molecule has 5 nitrogen and oxygen atoms in total. The molecule has 1 aliphatic heterocycles. The van der Waals surface area contributed by atoms with Gasteiger partial charge in [0.15, 0.2) is 0 Å². The van der Waals surface area contributed by atoms with Crippen molar-refractivity contribution in [3.63, 3.8) is 0 Å². The summed E-state index contributed by atoms with van der Waals surface area (Å²) in [6.07, 6.45) is 6.04. The number of anilines is 1. The van der Waals surface area contributed by atoms with E-state index in [0.29, 0.717) is 6.61 Å². The van der Waals surface area contributed by atoms with E-state index in [1.54, 1.807) is 0 Å². The number of rotatable bonds is 3. The Morgan fingerprint density at radius 3 is 2.85 bits per heavy atom. The lowest BCUT2D eigenvalue weighted by molar-refractivity contribution is 0.152. The van der Waals surface area contributed by atoms with Crippen LogP contribution in [-0.2, 0) is 4.74 Å². The lowest BCUT2D eigenvalue weighted by atomic mass is 9.93. The van der Waals surface area contributed by atoms with Crippen molar-refractivity contribution in [3.05, 3.63) is 27.1 Å². The molecule has 1 fully saturated rings. The second-order valence-electron chi connectivity index (χ2n) is 6.46. The van der Waals surface area contributed by atoms with Crippen LogP contribution in [0.15, 0.2) is 15.6 Å². The maximum Gasteiger partial charge on any atom is 0.224 e. The smallest absolute Gasteiger partial charge is 0.224 e. The first-order valence-electron chi connectivity index (χ1n) is 9.07. The number of allylic oxidation sites excluding steroid dienone is 3. The summed E-state index contributed by atoms with van der Waals surface area (Å²) in [4.78, 5) is 16.2. The van der Waals surface area contributed by atoms with E-state index in [1.165, 1.54) is 0 Å². The van der Waals surface area contributed by atoms with Crippen LogP contribution < -0.4 is 4.90 Å². The zero-order valence-electron chi connectivity index (χ0n) is 15.9. The Morgan fingerprint density at radius 1 is 1.37 bits per heavy atom. The minimum atomic E-state index is 0. The number of halogens is 2. The number of aromatic nitrogens is 2. The summed E-state index contributed by atoms with van der Waals surface area (Å²) in [7, 11) is 0. The molecule has 0 bridgehead atoms. The van der Waals surface area contributed by atoms with E-state index in [-0.39, 0.29) is 24.8 Å². The molecule has 148 valence electrons. The summed E-state index contributed by atoms with van der Waals surface area (Å²) < 4.78 is 6.53. The highest BCUT2D eigenvalue weighted by molar-refractivity contribution is 9.12. The molecule has 0 N–H and O–H groups in total. The normalized spacial score (nSPS) is 21.4. The first kappa shape index (κ1) is 22.4. The van der Waals surface area contributed by atoms with Gasteiger partial charge in [0.1, 0.15) is 5.82 Å². The van der Waals surface area contributed by atoms with Gasteiger partial charge in [0, 0.05) is 35.8 Å². The highest BCUT2D eigenvalue weighted by Crippen LogP contribution is 2.39. The summed E-state index contributed by atoms with van der Waals surface area (Å²) >= 11 is 9.92. The van der Waals surface area contributed by atoms with Gasteiger partial charge in [-0.15, -0.1) is 0 Å². The molecule has 1 aliphatic carbocycles. The third-order valence-corrected chi connectivity index (χ3v) is 5.43. The number of fused-ring (bicyclic) bond motifs is 1. The van der Waals surface area contributed by atoms with Crippen LogP contribution in [0.3, 0.4) is 0 Å². The molecule has 1 aromatic rings. The zero-order chi connectivity index (χ0) is 18.7. The summed E-state index contributed by atoms with van der Waals surface area (Å²) in [5.41, 5.74) is 3.83. The van der Waals surface area contributed by atoms with Crippen molar-refractivity contribution in [2.75, 3.05) is 31.2 Å². The molecule has 0 spiro atoms. The van der Waals surface area contributed by atoms with E-state index >= 15 is 0 Å². The molecule has 3 rings (SSSR count). The number of hydrogen-bond acceptors (Lipinski definition) is 5. The molecular formula is C19H26BrClN4OS. The SMILES string of the molecule is C/C=C1\C(=NC(C)CC)C(Br)=Cc2nc(Cl)nc(N3CCCOCC3)c21.S. The minimum Gasteiger partial charge on any atom is -0.380 e. The van der Waals surface area contributed by atoms with Crippen LogP contribution in [-0.4, -0.2) is 48.0 Å². The molecule has 0 aromatic carbocycles. The van der Waals surface area contributed by atoms with Crippen LogP contribution >= 0.6 is 41.0 Å². The van der Waals surface area contributed by atoms with Crippen molar-refractivity contribution in [2.45, 2.75) is 39.7 Å².